The van der Waals surface area contributed by atoms with Crippen molar-refractivity contribution in [2.75, 3.05) is 7.11 Å². The van der Waals surface area contributed by atoms with Crippen LogP contribution in [0.25, 0.3) is 33.1 Å². The molecule has 0 aliphatic rings. The van der Waals surface area contributed by atoms with E-state index in [9.17, 15) is 9.59 Å². The minimum Gasteiger partial charge on any atom is -0.492 e. The number of esters is 2. The van der Waals surface area contributed by atoms with Crippen LogP contribution >= 0.6 is 0 Å². The molecule has 0 radical (unpaired) electrons. The Morgan fingerprint density at radius 3 is 2.00 bits per heavy atom. The van der Waals surface area contributed by atoms with Gasteiger partial charge in [-0.2, -0.15) is 0 Å². The maximum Gasteiger partial charge on any atom is 0.338 e. The van der Waals surface area contributed by atoms with Crippen LogP contribution in [0.1, 0.15) is 19.4 Å². The van der Waals surface area contributed by atoms with E-state index < -0.39 is 11.9 Å². The first-order chi connectivity index (χ1) is 16.2. The minimum absolute atomic E-state index is 0.316. The molecule has 0 unspecified atom stereocenters. The summed E-state index contributed by atoms with van der Waals surface area (Å²) in [5.74, 6) is 0.445. The number of aryl methyl sites for hydroxylation is 1. The van der Waals surface area contributed by atoms with Crippen molar-refractivity contribution in [1.29, 1.82) is 0 Å². The number of hydrogen-bond donors (Lipinski definition) is 0. The number of methoxy groups -OCH3 is 1. The SMILES string of the molecule is C=C(C)C(=O)Oc1ccc(-c2ccc3c(oc4c(C)c(OC(=O)C(=C)C)ccc43)c2OC)cc1. The van der Waals surface area contributed by atoms with Crippen LogP contribution < -0.4 is 14.2 Å². The fourth-order valence-electron chi connectivity index (χ4n) is 3.62. The predicted molar refractivity (Wildman–Crippen MR) is 131 cm³/mol. The zero-order chi connectivity index (χ0) is 24.6. The molecule has 0 spiro atoms. The van der Waals surface area contributed by atoms with Crippen LogP contribution in [-0.4, -0.2) is 19.0 Å². The highest BCUT2D eigenvalue weighted by atomic mass is 16.5. The van der Waals surface area contributed by atoms with Gasteiger partial charge in [0.25, 0.3) is 0 Å². The van der Waals surface area contributed by atoms with Crippen LogP contribution in [-0.2, 0) is 9.59 Å². The van der Waals surface area contributed by atoms with Gasteiger partial charge in [0, 0.05) is 33.0 Å². The van der Waals surface area contributed by atoms with E-state index in [1.807, 2.05) is 37.3 Å². The number of furan rings is 1. The molecule has 0 saturated carbocycles. The summed E-state index contributed by atoms with van der Waals surface area (Å²) in [5.41, 5.74) is 4.22. The minimum atomic E-state index is -0.490. The lowest BCUT2D eigenvalue weighted by Crippen LogP contribution is -2.08. The summed E-state index contributed by atoms with van der Waals surface area (Å²) >= 11 is 0. The Balaban J connectivity index is 1.78. The van der Waals surface area contributed by atoms with Crippen LogP contribution in [0.15, 0.2) is 77.3 Å². The molecule has 0 aliphatic carbocycles. The molecule has 3 aromatic carbocycles. The van der Waals surface area contributed by atoms with Gasteiger partial charge in [0.1, 0.15) is 17.1 Å². The summed E-state index contributed by atoms with van der Waals surface area (Å²) in [6.45, 7) is 12.2. The van der Waals surface area contributed by atoms with Crippen molar-refractivity contribution in [3.05, 3.63) is 78.4 Å². The van der Waals surface area contributed by atoms with Crippen molar-refractivity contribution < 1.29 is 28.2 Å². The van der Waals surface area contributed by atoms with Gasteiger partial charge in [0.05, 0.1) is 7.11 Å². The zero-order valence-corrected chi connectivity index (χ0v) is 19.5. The molecule has 34 heavy (non-hydrogen) atoms. The summed E-state index contributed by atoms with van der Waals surface area (Å²) in [4.78, 5) is 23.7. The second kappa shape index (κ2) is 8.90. The number of hydrogen-bond acceptors (Lipinski definition) is 6. The molecular weight excluding hydrogens is 432 g/mol. The summed E-state index contributed by atoms with van der Waals surface area (Å²) in [7, 11) is 1.58. The Bertz CT molecular complexity index is 1470. The smallest absolute Gasteiger partial charge is 0.338 e. The molecule has 4 aromatic rings. The quantitative estimate of drug-likeness (QED) is 0.186. The van der Waals surface area contributed by atoms with Crippen LogP contribution in [0.2, 0.25) is 0 Å². The summed E-state index contributed by atoms with van der Waals surface area (Å²) in [5, 5.41) is 1.76. The normalized spacial score (nSPS) is 10.8. The fourth-order valence-corrected chi connectivity index (χ4v) is 3.62. The number of fused-ring (bicyclic) bond motifs is 3. The van der Waals surface area contributed by atoms with Crippen LogP contribution in [0.3, 0.4) is 0 Å². The number of carbonyl (C=O) groups excluding carboxylic acids is 2. The van der Waals surface area contributed by atoms with Crippen molar-refractivity contribution >= 4 is 33.9 Å². The molecule has 0 fully saturated rings. The topological polar surface area (TPSA) is 75.0 Å². The van der Waals surface area contributed by atoms with Crippen LogP contribution in [0, 0.1) is 6.92 Å². The van der Waals surface area contributed by atoms with Gasteiger partial charge in [0.15, 0.2) is 11.3 Å². The van der Waals surface area contributed by atoms with Crippen molar-refractivity contribution in [3.63, 3.8) is 0 Å². The van der Waals surface area contributed by atoms with Crippen molar-refractivity contribution in [1.82, 2.24) is 0 Å². The fraction of sp³-hybridized carbons (Fsp3) is 0.143. The maximum absolute atomic E-state index is 12.0. The second-order valence-electron chi connectivity index (χ2n) is 8.05. The first-order valence-electron chi connectivity index (χ1n) is 10.6. The van der Waals surface area contributed by atoms with Gasteiger partial charge in [-0.15, -0.1) is 0 Å². The average molecular weight is 456 g/mol. The van der Waals surface area contributed by atoms with Gasteiger partial charge in [-0.3, -0.25) is 0 Å². The zero-order valence-electron chi connectivity index (χ0n) is 19.5. The molecule has 0 bridgehead atoms. The maximum atomic E-state index is 12.0. The number of rotatable bonds is 6. The van der Waals surface area contributed by atoms with Gasteiger partial charge in [-0.1, -0.05) is 25.3 Å². The first-order valence-corrected chi connectivity index (χ1v) is 10.6. The monoisotopic (exact) mass is 456 g/mol. The second-order valence-corrected chi connectivity index (χ2v) is 8.05. The van der Waals surface area contributed by atoms with E-state index >= 15 is 0 Å². The van der Waals surface area contributed by atoms with Crippen LogP contribution in [0.5, 0.6) is 17.2 Å². The van der Waals surface area contributed by atoms with Crippen LogP contribution in [0.4, 0.5) is 0 Å². The highest BCUT2D eigenvalue weighted by Crippen LogP contribution is 2.43. The molecule has 6 heteroatoms. The molecule has 6 nitrogen and oxygen atoms in total. The number of carbonyl (C=O) groups is 2. The van der Waals surface area contributed by atoms with E-state index in [0.717, 1.165) is 21.9 Å². The Labute approximate surface area is 197 Å². The van der Waals surface area contributed by atoms with E-state index in [1.165, 1.54) is 0 Å². The third-order valence-corrected chi connectivity index (χ3v) is 5.44. The van der Waals surface area contributed by atoms with E-state index in [2.05, 4.69) is 13.2 Å². The summed E-state index contributed by atoms with van der Waals surface area (Å²) < 4.78 is 22.7. The van der Waals surface area contributed by atoms with Gasteiger partial charge >= 0.3 is 11.9 Å². The lowest BCUT2D eigenvalue weighted by Gasteiger charge is -2.10. The Morgan fingerprint density at radius 2 is 1.38 bits per heavy atom. The third-order valence-electron chi connectivity index (χ3n) is 5.44. The summed E-state index contributed by atoms with van der Waals surface area (Å²) in [6, 6.07) is 14.6. The van der Waals surface area contributed by atoms with E-state index in [4.69, 9.17) is 18.6 Å². The molecular formula is C28H24O6. The molecule has 0 N–H and O–H groups in total. The van der Waals surface area contributed by atoms with Gasteiger partial charge in [-0.05, 0) is 62.7 Å². The van der Waals surface area contributed by atoms with E-state index in [1.54, 1.807) is 39.2 Å². The van der Waals surface area contributed by atoms with E-state index in [0.29, 0.717) is 45.1 Å². The van der Waals surface area contributed by atoms with Gasteiger partial charge < -0.3 is 18.6 Å². The molecule has 0 atom stereocenters. The molecule has 0 amide bonds. The predicted octanol–water partition coefficient (Wildman–Crippen LogP) is 6.53. The largest absolute Gasteiger partial charge is 0.492 e. The third kappa shape index (κ3) is 4.06. The van der Waals surface area contributed by atoms with E-state index in [-0.39, 0.29) is 0 Å². The molecule has 0 saturated heterocycles. The Hall–Kier alpha value is -4.32. The summed E-state index contributed by atoms with van der Waals surface area (Å²) in [6.07, 6.45) is 0. The van der Waals surface area contributed by atoms with Gasteiger partial charge in [-0.25, -0.2) is 9.59 Å². The standard InChI is InChI=1S/C28H24O6/c1-15(2)27(29)32-19-9-7-18(8-10-19)20-11-12-22-21-13-14-23(33-28(30)16(3)4)17(5)24(21)34-26(22)25(20)31-6/h7-14H,1,3H2,2,4-6H3. The lowest BCUT2D eigenvalue weighted by molar-refractivity contribution is -0.130. The van der Waals surface area contributed by atoms with Crippen molar-refractivity contribution in [2.45, 2.75) is 20.8 Å². The molecule has 1 aromatic heterocycles. The molecule has 0 aliphatic heterocycles. The van der Waals surface area contributed by atoms with Gasteiger partial charge in [0.2, 0.25) is 0 Å². The highest BCUT2D eigenvalue weighted by Gasteiger charge is 2.20. The first kappa shape index (κ1) is 22.9. The lowest BCUT2D eigenvalue weighted by atomic mass is 10.0. The molecule has 172 valence electrons. The highest BCUT2D eigenvalue weighted by molar-refractivity contribution is 6.10. The Morgan fingerprint density at radius 1 is 0.794 bits per heavy atom. The number of ether oxygens (including phenoxy) is 3. The van der Waals surface area contributed by atoms with Crippen molar-refractivity contribution in [3.8, 4) is 28.4 Å². The average Bonchev–Trinajstić information content (AvgIpc) is 3.20. The van der Waals surface area contributed by atoms with Crippen molar-refractivity contribution in [2.24, 2.45) is 0 Å². The Kier molecular flexibility index (Phi) is 5.99. The molecule has 1 heterocycles. The number of benzene rings is 3. The molecule has 4 rings (SSSR count).